The molecule has 2 atom stereocenters. The van der Waals surface area contributed by atoms with E-state index in [1.54, 1.807) is 5.57 Å². The van der Waals surface area contributed by atoms with Gasteiger partial charge in [-0.3, -0.25) is 4.90 Å². The lowest BCUT2D eigenvalue weighted by Crippen LogP contribution is -2.64. The largest absolute Gasteiger partial charge is 0.309 e. The molecule has 110 valence electrons. The highest BCUT2D eigenvalue weighted by Gasteiger charge is 2.35. The van der Waals surface area contributed by atoms with Crippen molar-refractivity contribution in [1.82, 2.24) is 10.2 Å². The lowest BCUT2D eigenvalue weighted by atomic mass is 9.89. The number of hydrogen-bond acceptors (Lipinski definition) is 2. The molecule has 0 aromatic heterocycles. The van der Waals surface area contributed by atoms with Crippen molar-refractivity contribution in [2.45, 2.75) is 71.4 Å². The van der Waals surface area contributed by atoms with Crippen LogP contribution in [-0.2, 0) is 0 Å². The van der Waals surface area contributed by atoms with E-state index in [0.29, 0.717) is 11.6 Å². The molecule has 1 aliphatic carbocycles. The molecule has 2 unspecified atom stereocenters. The van der Waals surface area contributed by atoms with Crippen LogP contribution < -0.4 is 5.32 Å². The molecule has 0 amide bonds. The first-order valence-electron chi connectivity index (χ1n) is 8.21. The number of hydrogen-bond donors (Lipinski definition) is 1. The SMILES string of the molecule is CCC1(C)CN(CCC2=CCCC2)C(C(C)C)CN1. The summed E-state index contributed by atoms with van der Waals surface area (Å²) in [5.74, 6) is 0.742. The Bertz CT molecular complexity index is 321. The first-order chi connectivity index (χ1) is 9.04. The van der Waals surface area contributed by atoms with Crippen LogP contribution in [-0.4, -0.2) is 36.1 Å². The number of rotatable bonds is 5. The first-order valence-corrected chi connectivity index (χ1v) is 8.21. The van der Waals surface area contributed by atoms with Gasteiger partial charge in [-0.25, -0.2) is 0 Å². The summed E-state index contributed by atoms with van der Waals surface area (Å²) >= 11 is 0. The molecule has 0 bridgehead atoms. The Morgan fingerprint density at radius 2 is 2.26 bits per heavy atom. The Hall–Kier alpha value is -0.340. The fourth-order valence-corrected chi connectivity index (χ4v) is 3.49. The van der Waals surface area contributed by atoms with Crippen LogP contribution in [0.2, 0.25) is 0 Å². The lowest BCUT2D eigenvalue weighted by Gasteiger charge is -2.47. The number of nitrogens with zero attached hydrogens (tertiary/aromatic N) is 1. The molecule has 2 heteroatoms. The highest BCUT2D eigenvalue weighted by molar-refractivity contribution is 5.08. The molecule has 19 heavy (non-hydrogen) atoms. The molecule has 1 aliphatic heterocycles. The molecule has 2 rings (SSSR count). The summed E-state index contributed by atoms with van der Waals surface area (Å²) in [7, 11) is 0. The smallest absolute Gasteiger partial charge is 0.0278 e. The maximum Gasteiger partial charge on any atom is 0.0278 e. The molecule has 1 heterocycles. The number of nitrogens with one attached hydrogen (secondary N) is 1. The van der Waals surface area contributed by atoms with Crippen molar-refractivity contribution in [2.24, 2.45) is 5.92 Å². The fourth-order valence-electron chi connectivity index (χ4n) is 3.49. The molecule has 0 aromatic rings. The van der Waals surface area contributed by atoms with E-state index >= 15 is 0 Å². The van der Waals surface area contributed by atoms with Crippen molar-refractivity contribution in [2.75, 3.05) is 19.6 Å². The van der Waals surface area contributed by atoms with Crippen molar-refractivity contribution < 1.29 is 0 Å². The van der Waals surface area contributed by atoms with Crippen molar-refractivity contribution >= 4 is 0 Å². The van der Waals surface area contributed by atoms with E-state index in [-0.39, 0.29) is 0 Å². The van der Waals surface area contributed by atoms with E-state index in [1.807, 2.05) is 0 Å². The van der Waals surface area contributed by atoms with Crippen LogP contribution in [0.15, 0.2) is 11.6 Å². The lowest BCUT2D eigenvalue weighted by molar-refractivity contribution is 0.0612. The standard InChI is InChI=1S/C17H32N2/c1-5-17(4)13-19(16(12-18-17)14(2)3)11-10-15-8-6-7-9-15/h8,14,16,18H,5-7,9-13H2,1-4H3. The van der Waals surface area contributed by atoms with Gasteiger partial charge < -0.3 is 5.32 Å². The van der Waals surface area contributed by atoms with Gasteiger partial charge in [0.25, 0.3) is 0 Å². The average Bonchev–Trinajstić information content (AvgIpc) is 2.89. The molecule has 0 spiro atoms. The molecule has 2 aliphatic rings. The van der Waals surface area contributed by atoms with Crippen molar-refractivity contribution in [1.29, 1.82) is 0 Å². The summed E-state index contributed by atoms with van der Waals surface area (Å²) < 4.78 is 0. The molecule has 0 aromatic carbocycles. The van der Waals surface area contributed by atoms with Crippen molar-refractivity contribution in [3.05, 3.63) is 11.6 Å². The first kappa shape index (κ1) is 15.1. The zero-order valence-corrected chi connectivity index (χ0v) is 13.3. The second-order valence-corrected chi connectivity index (χ2v) is 7.08. The van der Waals surface area contributed by atoms with Crippen LogP contribution in [0.1, 0.15) is 59.8 Å². The Morgan fingerprint density at radius 1 is 1.47 bits per heavy atom. The predicted octanol–water partition coefficient (Wildman–Crippen LogP) is 3.59. The minimum absolute atomic E-state index is 0.315. The summed E-state index contributed by atoms with van der Waals surface area (Å²) in [5, 5.41) is 3.78. The van der Waals surface area contributed by atoms with Crippen LogP contribution in [0.3, 0.4) is 0 Å². The Balaban J connectivity index is 1.94. The molecule has 1 saturated heterocycles. The highest BCUT2D eigenvalue weighted by Crippen LogP contribution is 2.26. The van der Waals surface area contributed by atoms with Crippen LogP contribution in [0.4, 0.5) is 0 Å². The Kier molecular flexibility index (Phi) is 5.08. The van der Waals surface area contributed by atoms with Crippen LogP contribution in [0.25, 0.3) is 0 Å². The quantitative estimate of drug-likeness (QED) is 0.764. The zero-order chi connectivity index (χ0) is 13.9. The molecule has 1 N–H and O–H groups in total. The zero-order valence-electron chi connectivity index (χ0n) is 13.3. The maximum absolute atomic E-state index is 3.78. The van der Waals surface area contributed by atoms with Gasteiger partial charge in [0.1, 0.15) is 0 Å². The average molecular weight is 264 g/mol. The Labute approximate surface area is 119 Å². The third kappa shape index (κ3) is 3.82. The van der Waals surface area contributed by atoms with Crippen molar-refractivity contribution in [3.63, 3.8) is 0 Å². The normalized spacial score (nSPS) is 32.9. The topological polar surface area (TPSA) is 15.3 Å². The summed E-state index contributed by atoms with van der Waals surface area (Å²) in [5.41, 5.74) is 2.02. The monoisotopic (exact) mass is 264 g/mol. The summed E-state index contributed by atoms with van der Waals surface area (Å²) in [6.45, 7) is 13.0. The molecular weight excluding hydrogens is 232 g/mol. The van der Waals surface area contributed by atoms with E-state index < -0.39 is 0 Å². The van der Waals surface area contributed by atoms with E-state index in [1.165, 1.54) is 45.2 Å². The summed E-state index contributed by atoms with van der Waals surface area (Å²) in [6, 6.07) is 0.710. The van der Waals surface area contributed by atoms with Gasteiger partial charge in [-0.05, 0) is 44.9 Å². The third-order valence-corrected chi connectivity index (χ3v) is 5.16. The van der Waals surface area contributed by atoms with Gasteiger partial charge in [0.15, 0.2) is 0 Å². The highest BCUT2D eigenvalue weighted by atomic mass is 15.3. The predicted molar refractivity (Wildman–Crippen MR) is 83.4 cm³/mol. The number of piperazine rings is 1. The molecule has 0 radical (unpaired) electrons. The van der Waals surface area contributed by atoms with E-state index in [0.717, 1.165) is 12.5 Å². The van der Waals surface area contributed by atoms with Gasteiger partial charge in [-0.2, -0.15) is 0 Å². The fraction of sp³-hybridized carbons (Fsp3) is 0.882. The molecule has 0 saturated carbocycles. The second kappa shape index (κ2) is 6.41. The van der Waals surface area contributed by atoms with E-state index in [4.69, 9.17) is 0 Å². The minimum Gasteiger partial charge on any atom is -0.309 e. The van der Waals surface area contributed by atoms with Crippen LogP contribution >= 0.6 is 0 Å². The summed E-state index contributed by atoms with van der Waals surface area (Å²) in [6.07, 6.45) is 9.05. The Morgan fingerprint density at radius 3 is 2.84 bits per heavy atom. The van der Waals surface area contributed by atoms with E-state index in [9.17, 15) is 0 Å². The van der Waals surface area contributed by atoms with E-state index in [2.05, 4.69) is 44.0 Å². The summed E-state index contributed by atoms with van der Waals surface area (Å²) in [4.78, 5) is 2.75. The molecular formula is C17H32N2. The van der Waals surface area contributed by atoms with Crippen LogP contribution in [0.5, 0.6) is 0 Å². The van der Waals surface area contributed by atoms with Gasteiger partial charge in [-0.15, -0.1) is 0 Å². The third-order valence-electron chi connectivity index (χ3n) is 5.16. The van der Waals surface area contributed by atoms with Gasteiger partial charge >= 0.3 is 0 Å². The van der Waals surface area contributed by atoms with Gasteiger partial charge in [-0.1, -0.05) is 32.4 Å². The van der Waals surface area contributed by atoms with Gasteiger partial charge in [0.05, 0.1) is 0 Å². The maximum atomic E-state index is 3.78. The number of allylic oxidation sites excluding steroid dienone is 1. The minimum atomic E-state index is 0.315. The molecule has 2 nitrogen and oxygen atoms in total. The second-order valence-electron chi connectivity index (χ2n) is 7.08. The van der Waals surface area contributed by atoms with Crippen LogP contribution in [0, 0.1) is 5.92 Å². The molecule has 1 fully saturated rings. The van der Waals surface area contributed by atoms with Gasteiger partial charge in [0.2, 0.25) is 0 Å². The van der Waals surface area contributed by atoms with Crippen molar-refractivity contribution in [3.8, 4) is 0 Å². The van der Waals surface area contributed by atoms with Gasteiger partial charge in [0, 0.05) is 31.2 Å².